The Morgan fingerprint density at radius 1 is 1.24 bits per heavy atom. The second kappa shape index (κ2) is 8.71. The number of hydrogen-bond acceptors (Lipinski definition) is 2. The zero-order valence-electron chi connectivity index (χ0n) is 12.1. The van der Waals surface area contributed by atoms with Gasteiger partial charge in [0.05, 0.1) is 13.2 Å². The molecule has 5 heteroatoms. The summed E-state index contributed by atoms with van der Waals surface area (Å²) in [6.07, 6.45) is -3.18. The minimum atomic E-state index is -4.20. The lowest BCUT2D eigenvalue weighted by Gasteiger charge is -2.23. The van der Waals surface area contributed by atoms with Crippen LogP contribution in [0.4, 0.5) is 13.2 Å². The molecular weight excluding hydrogens is 279 g/mol. The van der Waals surface area contributed by atoms with Crippen LogP contribution < -0.4 is 0 Å². The predicted molar refractivity (Wildman–Crippen MR) is 76.6 cm³/mol. The van der Waals surface area contributed by atoms with Gasteiger partial charge in [-0.3, -0.25) is 4.90 Å². The molecule has 0 amide bonds. The largest absolute Gasteiger partial charge is 0.401 e. The molecule has 0 unspecified atom stereocenters. The molecule has 0 atom stereocenters. The van der Waals surface area contributed by atoms with E-state index in [9.17, 15) is 13.2 Å². The summed E-state index contributed by atoms with van der Waals surface area (Å²) in [5.74, 6) is 5.71. The maximum atomic E-state index is 12.6. The van der Waals surface area contributed by atoms with E-state index in [1.165, 1.54) is 4.90 Å². The van der Waals surface area contributed by atoms with Gasteiger partial charge in [-0.15, -0.1) is 0 Å². The number of aliphatic hydroxyl groups excluding tert-OH is 1. The molecule has 1 aromatic rings. The summed E-state index contributed by atoms with van der Waals surface area (Å²) in [7, 11) is 0. The third kappa shape index (κ3) is 7.16. The van der Waals surface area contributed by atoms with Gasteiger partial charge in [-0.2, -0.15) is 13.2 Å². The molecular formula is C16H20F3NO. The summed E-state index contributed by atoms with van der Waals surface area (Å²) in [5, 5.41) is 8.72. The highest BCUT2D eigenvalue weighted by Gasteiger charge is 2.30. The smallest absolute Gasteiger partial charge is 0.395 e. The normalized spacial score (nSPS) is 11.3. The van der Waals surface area contributed by atoms with Crippen molar-refractivity contribution < 1.29 is 18.3 Å². The Kier molecular flexibility index (Phi) is 7.27. The summed E-state index contributed by atoms with van der Waals surface area (Å²) in [5.41, 5.74) is 1.50. The van der Waals surface area contributed by atoms with Gasteiger partial charge in [-0.1, -0.05) is 37.0 Å². The van der Waals surface area contributed by atoms with Crippen LogP contribution in [-0.4, -0.2) is 35.9 Å². The Balaban J connectivity index is 2.86. The molecule has 0 heterocycles. The first-order valence-corrected chi connectivity index (χ1v) is 6.93. The fourth-order valence-electron chi connectivity index (χ4n) is 2.02. The molecule has 0 radical (unpaired) electrons. The highest BCUT2D eigenvalue weighted by atomic mass is 19.4. The molecule has 2 nitrogen and oxygen atoms in total. The molecule has 0 saturated heterocycles. The van der Waals surface area contributed by atoms with Crippen molar-refractivity contribution in [1.29, 1.82) is 0 Å². The minimum Gasteiger partial charge on any atom is -0.395 e. The van der Waals surface area contributed by atoms with E-state index in [2.05, 4.69) is 11.8 Å². The van der Waals surface area contributed by atoms with Crippen molar-refractivity contribution in [3.63, 3.8) is 0 Å². The van der Waals surface area contributed by atoms with Crippen LogP contribution in [0, 0.1) is 11.8 Å². The molecule has 0 aliphatic heterocycles. The van der Waals surface area contributed by atoms with Gasteiger partial charge < -0.3 is 5.11 Å². The molecule has 1 rings (SSSR count). The van der Waals surface area contributed by atoms with Crippen molar-refractivity contribution in [3.8, 4) is 11.8 Å². The third-order valence-electron chi connectivity index (χ3n) is 2.81. The van der Waals surface area contributed by atoms with Crippen LogP contribution in [0.1, 0.15) is 30.9 Å². The summed E-state index contributed by atoms with van der Waals surface area (Å²) >= 11 is 0. The lowest BCUT2D eigenvalue weighted by molar-refractivity contribution is -0.147. The molecule has 0 aliphatic rings. The summed E-state index contributed by atoms with van der Waals surface area (Å²) < 4.78 is 37.8. The quantitative estimate of drug-likeness (QED) is 0.816. The first-order valence-electron chi connectivity index (χ1n) is 6.93. The van der Waals surface area contributed by atoms with Crippen molar-refractivity contribution in [2.45, 2.75) is 32.5 Å². The van der Waals surface area contributed by atoms with E-state index < -0.39 is 12.7 Å². The topological polar surface area (TPSA) is 23.5 Å². The first kappa shape index (κ1) is 17.5. The zero-order valence-corrected chi connectivity index (χ0v) is 12.1. The molecule has 21 heavy (non-hydrogen) atoms. The number of aliphatic hydroxyl groups is 1. The standard InChI is InChI=1S/C16H20F3NO/c1-2-10-20(13-16(17,18)19)12-15-9-4-3-7-14(15)8-5-6-11-21/h3-4,7,9,21H,2,6,10-13H2,1H3. The number of alkyl halides is 3. The van der Waals surface area contributed by atoms with E-state index in [-0.39, 0.29) is 13.2 Å². The Bertz CT molecular complexity index is 488. The van der Waals surface area contributed by atoms with E-state index in [4.69, 9.17) is 5.11 Å². The monoisotopic (exact) mass is 299 g/mol. The van der Waals surface area contributed by atoms with Crippen LogP contribution in [0.15, 0.2) is 24.3 Å². The second-order valence-corrected chi connectivity index (χ2v) is 4.76. The lowest BCUT2D eigenvalue weighted by atomic mass is 10.1. The number of rotatable bonds is 6. The molecule has 0 aromatic heterocycles. The third-order valence-corrected chi connectivity index (χ3v) is 2.81. The van der Waals surface area contributed by atoms with Gasteiger partial charge in [-0.25, -0.2) is 0 Å². The average Bonchev–Trinajstić information content (AvgIpc) is 2.39. The molecule has 1 N–H and O–H groups in total. The maximum Gasteiger partial charge on any atom is 0.401 e. The Hall–Kier alpha value is -1.51. The van der Waals surface area contributed by atoms with Crippen molar-refractivity contribution >= 4 is 0 Å². The highest BCUT2D eigenvalue weighted by molar-refractivity contribution is 5.41. The Labute approximate surface area is 123 Å². The van der Waals surface area contributed by atoms with Crippen molar-refractivity contribution in [2.24, 2.45) is 0 Å². The molecule has 0 saturated carbocycles. The molecule has 0 aliphatic carbocycles. The molecule has 1 aromatic carbocycles. The van der Waals surface area contributed by atoms with Crippen LogP contribution in [0.3, 0.4) is 0 Å². The van der Waals surface area contributed by atoms with Gasteiger partial charge >= 0.3 is 6.18 Å². The van der Waals surface area contributed by atoms with Gasteiger partial charge in [-0.05, 0) is 24.6 Å². The summed E-state index contributed by atoms with van der Waals surface area (Å²) in [6, 6.07) is 7.18. The predicted octanol–water partition coefficient (Wildman–Crippen LogP) is 3.19. The lowest BCUT2D eigenvalue weighted by Crippen LogP contribution is -2.34. The van der Waals surface area contributed by atoms with Gasteiger partial charge in [0.1, 0.15) is 0 Å². The number of halogens is 3. The SMILES string of the molecule is CCCN(Cc1ccccc1C#CCCO)CC(F)(F)F. The fourth-order valence-corrected chi connectivity index (χ4v) is 2.02. The van der Waals surface area contributed by atoms with Crippen molar-refractivity contribution in [3.05, 3.63) is 35.4 Å². The summed E-state index contributed by atoms with van der Waals surface area (Å²) in [4.78, 5) is 1.38. The molecule has 116 valence electrons. The second-order valence-electron chi connectivity index (χ2n) is 4.76. The Morgan fingerprint density at radius 2 is 1.95 bits per heavy atom. The van der Waals surface area contributed by atoms with E-state index in [0.717, 1.165) is 5.56 Å². The maximum absolute atomic E-state index is 12.6. The Morgan fingerprint density at radius 3 is 2.57 bits per heavy atom. The van der Waals surface area contributed by atoms with Crippen molar-refractivity contribution in [1.82, 2.24) is 4.90 Å². The van der Waals surface area contributed by atoms with Crippen LogP contribution in [0.25, 0.3) is 0 Å². The fraction of sp³-hybridized carbons (Fsp3) is 0.500. The van der Waals surface area contributed by atoms with Gasteiger partial charge in [0.2, 0.25) is 0 Å². The van der Waals surface area contributed by atoms with E-state index >= 15 is 0 Å². The number of hydrogen-bond donors (Lipinski definition) is 1. The number of nitrogens with zero attached hydrogens (tertiary/aromatic N) is 1. The molecule has 0 bridgehead atoms. The van der Waals surface area contributed by atoms with E-state index in [1.54, 1.807) is 24.3 Å². The molecule has 0 spiro atoms. The van der Waals surface area contributed by atoms with Crippen LogP contribution >= 0.6 is 0 Å². The minimum absolute atomic E-state index is 0.0226. The van der Waals surface area contributed by atoms with E-state index in [1.807, 2.05) is 6.92 Å². The average molecular weight is 299 g/mol. The summed E-state index contributed by atoms with van der Waals surface area (Å²) in [6.45, 7) is 1.52. The van der Waals surface area contributed by atoms with Gasteiger partial charge in [0.25, 0.3) is 0 Å². The number of benzene rings is 1. The highest BCUT2D eigenvalue weighted by Crippen LogP contribution is 2.19. The van der Waals surface area contributed by atoms with Gasteiger partial charge in [0, 0.05) is 18.5 Å². The van der Waals surface area contributed by atoms with Crippen LogP contribution in [-0.2, 0) is 6.54 Å². The van der Waals surface area contributed by atoms with Crippen LogP contribution in [0.5, 0.6) is 0 Å². The zero-order chi connectivity index (χ0) is 15.7. The van der Waals surface area contributed by atoms with E-state index in [0.29, 0.717) is 24.9 Å². The molecule has 0 fully saturated rings. The van der Waals surface area contributed by atoms with Crippen LogP contribution in [0.2, 0.25) is 0 Å². The van der Waals surface area contributed by atoms with Crippen molar-refractivity contribution in [2.75, 3.05) is 19.7 Å². The first-order chi connectivity index (χ1) is 9.96. The van der Waals surface area contributed by atoms with Gasteiger partial charge in [0.15, 0.2) is 0 Å².